The number of nitrogens with zero attached hydrogens (tertiary/aromatic N) is 4. The van der Waals surface area contributed by atoms with Crippen molar-refractivity contribution in [3.8, 4) is 17.2 Å². The number of methoxy groups -OCH3 is 1. The van der Waals surface area contributed by atoms with Crippen LogP contribution in [0.15, 0.2) is 126 Å². The van der Waals surface area contributed by atoms with E-state index in [9.17, 15) is 33.7 Å². The number of hydrogen-bond acceptors (Lipinski definition) is 19. The SMILES string of the molecule is COc1cc(N=Nc2cc(S(=O)(=O)[O-])cc3cc(SOO[O-])cc(O)c23)c(C)cc1N=Nc1c(SOO[O-])cc2cc(Nc3ccccc3)ccc2c1O.[Na+].[Na+].[Na+]. The van der Waals surface area contributed by atoms with Gasteiger partial charge >= 0.3 is 88.7 Å². The van der Waals surface area contributed by atoms with Gasteiger partial charge in [-0.05, 0) is 90.0 Å². The molecule has 23 heteroatoms. The van der Waals surface area contributed by atoms with Gasteiger partial charge in [0.2, 0.25) is 0 Å². The first-order chi connectivity index (χ1) is 26.0. The van der Waals surface area contributed by atoms with Crippen LogP contribution in [0.25, 0.3) is 21.5 Å². The van der Waals surface area contributed by atoms with Crippen LogP contribution in [0.2, 0.25) is 0 Å². The number of hydrogen-bond donors (Lipinski definition) is 3. The van der Waals surface area contributed by atoms with Gasteiger partial charge in [0.15, 0.2) is 5.75 Å². The molecule has 3 N–H and O–H groups in total. The Morgan fingerprint density at radius 1 is 0.719 bits per heavy atom. The van der Waals surface area contributed by atoms with Crippen LogP contribution in [-0.4, -0.2) is 30.3 Å². The number of benzene rings is 6. The van der Waals surface area contributed by atoms with Crippen LogP contribution in [0.3, 0.4) is 0 Å². The summed E-state index contributed by atoms with van der Waals surface area (Å²) in [5.41, 5.74) is 2.30. The molecule has 17 nitrogen and oxygen atoms in total. The van der Waals surface area contributed by atoms with Crippen molar-refractivity contribution in [2.24, 2.45) is 20.5 Å². The van der Waals surface area contributed by atoms with Crippen molar-refractivity contribution in [3.05, 3.63) is 96.6 Å². The predicted molar refractivity (Wildman–Crippen MR) is 191 cm³/mol. The Bertz CT molecular complexity index is 2540. The molecule has 278 valence electrons. The zero-order valence-corrected chi connectivity index (χ0v) is 39.1. The number of nitrogens with one attached hydrogen (secondary N) is 1. The largest absolute Gasteiger partial charge is 1.00 e. The number of ether oxygens (including phenoxy) is 1. The molecule has 0 saturated carbocycles. The van der Waals surface area contributed by atoms with Gasteiger partial charge in [-0.15, -0.1) is 15.3 Å². The second-order valence-electron chi connectivity index (χ2n) is 11.1. The van der Waals surface area contributed by atoms with Gasteiger partial charge in [0.25, 0.3) is 0 Å². The molecule has 0 bridgehead atoms. The predicted octanol–water partition coefficient (Wildman–Crippen LogP) is -1.33. The summed E-state index contributed by atoms with van der Waals surface area (Å²) in [4.78, 5) is -0.293. The number of aromatic hydroxyl groups is 2. The first-order valence-electron chi connectivity index (χ1n) is 15.2. The fourth-order valence-corrected chi connectivity index (χ4v) is 6.75. The average molecular weight is 860 g/mol. The third kappa shape index (κ3) is 12.1. The quantitative estimate of drug-likeness (QED) is 0.0287. The van der Waals surface area contributed by atoms with E-state index in [1.807, 2.05) is 30.3 Å². The second kappa shape index (κ2) is 22.3. The molecule has 6 aromatic rings. The Hall–Kier alpha value is -2.39. The van der Waals surface area contributed by atoms with E-state index < -0.39 is 15.0 Å². The minimum Gasteiger partial charge on any atom is -0.744 e. The third-order valence-corrected chi connectivity index (χ3v) is 9.67. The fraction of sp³-hybridized carbons (Fsp3) is 0.0588. The number of rotatable bonds is 14. The molecule has 0 amide bonds. The zero-order chi connectivity index (χ0) is 38.4. The molecule has 0 saturated heterocycles. The normalized spacial score (nSPS) is 11.4. The molecule has 57 heavy (non-hydrogen) atoms. The van der Waals surface area contributed by atoms with Crippen molar-refractivity contribution < 1.29 is 146 Å². The van der Waals surface area contributed by atoms with Crippen molar-refractivity contribution in [3.63, 3.8) is 0 Å². The molecule has 0 atom stereocenters. The number of anilines is 2. The summed E-state index contributed by atoms with van der Waals surface area (Å²) in [5, 5.41) is 71.2. The van der Waals surface area contributed by atoms with Gasteiger partial charge < -0.3 is 35.3 Å². The molecule has 0 fully saturated rings. The fourth-order valence-electron chi connectivity index (χ4n) is 5.29. The minimum absolute atomic E-state index is 0. The molecule has 0 radical (unpaired) electrons. The molecule has 0 spiro atoms. The van der Waals surface area contributed by atoms with E-state index in [0.29, 0.717) is 40.4 Å². The van der Waals surface area contributed by atoms with Crippen molar-refractivity contribution in [2.45, 2.75) is 21.6 Å². The molecule has 6 aromatic carbocycles. The van der Waals surface area contributed by atoms with Crippen LogP contribution in [-0.2, 0) is 28.9 Å². The summed E-state index contributed by atoms with van der Waals surface area (Å²) < 4.78 is 50.2. The minimum atomic E-state index is -4.97. The first kappa shape index (κ1) is 49.0. The van der Waals surface area contributed by atoms with Gasteiger partial charge in [0.05, 0.1) is 57.7 Å². The van der Waals surface area contributed by atoms with Crippen molar-refractivity contribution >= 4 is 89.9 Å². The number of para-hydroxylation sites is 1. The van der Waals surface area contributed by atoms with E-state index in [1.165, 1.54) is 25.3 Å². The maximum absolute atomic E-state index is 12.0. The van der Waals surface area contributed by atoms with Crippen molar-refractivity contribution in [2.75, 3.05) is 12.4 Å². The zero-order valence-electron chi connectivity index (χ0n) is 30.7. The Morgan fingerprint density at radius 3 is 2.09 bits per heavy atom. The molecular formula is C34H24N5Na3O12S3. The molecule has 0 aliphatic heterocycles. The molecular weight excluding hydrogens is 836 g/mol. The third-order valence-electron chi connectivity index (χ3n) is 7.69. The number of phenolic OH excluding ortho intramolecular Hbond substituents is 2. The van der Waals surface area contributed by atoms with Crippen LogP contribution in [0.4, 0.5) is 34.1 Å². The van der Waals surface area contributed by atoms with Crippen LogP contribution in [0, 0.1) is 6.92 Å². The van der Waals surface area contributed by atoms with Gasteiger partial charge in [-0.1, -0.05) is 18.2 Å². The smallest absolute Gasteiger partial charge is 0.744 e. The van der Waals surface area contributed by atoms with Crippen LogP contribution in [0.1, 0.15) is 5.56 Å². The molecule has 0 aromatic heterocycles. The van der Waals surface area contributed by atoms with E-state index >= 15 is 0 Å². The second-order valence-corrected chi connectivity index (χ2v) is 14.0. The van der Waals surface area contributed by atoms with Crippen molar-refractivity contribution in [1.29, 1.82) is 0 Å². The maximum Gasteiger partial charge on any atom is 1.00 e. The Balaban J connectivity index is 0.00000290. The van der Waals surface area contributed by atoms with E-state index in [-0.39, 0.29) is 149 Å². The Kier molecular flexibility index (Phi) is 19.1. The summed E-state index contributed by atoms with van der Waals surface area (Å²) >= 11 is 0.967. The van der Waals surface area contributed by atoms with E-state index in [4.69, 9.17) is 4.74 Å². The van der Waals surface area contributed by atoms with Gasteiger partial charge in [-0.3, -0.25) is 10.1 Å². The topological polar surface area (TPSA) is 251 Å². The van der Waals surface area contributed by atoms with E-state index in [0.717, 1.165) is 23.5 Å². The standard InChI is InChI=1S/C34H27N5O12S3.3Na/c1-18-10-27(37-39-33-31(53-51-49-43)14-19-11-22(8-9-25(19)34(33)41)35-21-6-4-3-5-7-21)30(47-2)17-26(18)36-38-28-16-24(54(44,45)46)13-20-12-23(52-50-48-42)15-29(40)32(20)28;;;/h3-17,35,40-43H,1-2H3,(H,44,45,46);;;/q;3*+1/p-3. The molecule has 0 aliphatic rings. The number of phenols is 2. The van der Waals surface area contributed by atoms with Crippen LogP contribution in [0.5, 0.6) is 17.2 Å². The summed E-state index contributed by atoms with van der Waals surface area (Å²) in [6.07, 6.45) is 0. The molecule has 0 heterocycles. The summed E-state index contributed by atoms with van der Waals surface area (Å²) in [6.45, 7) is 1.66. The molecule has 0 unspecified atom stereocenters. The average Bonchev–Trinajstić information content (AvgIpc) is 3.15. The Labute approximate surface area is 399 Å². The van der Waals surface area contributed by atoms with E-state index in [1.54, 1.807) is 37.3 Å². The number of azo groups is 2. The summed E-state index contributed by atoms with van der Waals surface area (Å²) in [7, 11) is -3.61. The number of fused-ring (bicyclic) bond motifs is 2. The van der Waals surface area contributed by atoms with Crippen molar-refractivity contribution in [1.82, 2.24) is 0 Å². The summed E-state index contributed by atoms with van der Waals surface area (Å²) in [5.74, 6) is -0.478. The monoisotopic (exact) mass is 859 g/mol. The molecule has 0 aliphatic carbocycles. The first-order valence-corrected chi connectivity index (χ1v) is 18.0. The summed E-state index contributed by atoms with van der Waals surface area (Å²) in [6, 6.07) is 23.9. The van der Waals surface area contributed by atoms with E-state index in [2.05, 4.69) is 44.5 Å². The van der Waals surface area contributed by atoms with Gasteiger partial charge in [-0.25, -0.2) is 8.42 Å². The maximum atomic E-state index is 12.0. The van der Waals surface area contributed by atoms with Crippen LogP contribution >= 0.6 is 24.1 Å². The number of aryl methyl sites for hydroxylation is 1. The van der Waals surface area contributed by atoms with Gasteiger partial charge in [0, 0.05) is 27.7 Å². The van der Waals surface area contributed by atoms with Gasteiger partial charge in [-0.2, -0.15) is 13.8 Å². The van der Waals surface area contributed by atoms with Crippen LogP contribution < -0.4 is 109 Å². The van der Waals surface area contributed by atoms with Gasteiger partial charge in [0.1, 0.15) is 33.0 Å². The molecule has 6 rings (SSSR count). The Morgan fingerprint density at radius 2 is 1.40 bits per heavy atom.